The van der Waals surface area contributed by atoms with Crippen LogP contribution in [-0.4, -0.2) is 30.1 Å². The predicted molar refractivity (Wildman–Crippen MR) is 241 cm³/mol. The zero-order valence-electron chi connectivity index (χ0n) is 35.6. The highest BCUT2D eigenvalue weighted by molar-refractivity contribution is 5.94. The minimum absolute atomic E-state index is 0.0111. The Morgan fingerprint density at radius 3 is 1.39 bits per heavy atom. The quantitative estimate of drug-likeness (QED) is 0.116. The molecule has 4 fully saturated rings. The molecule has 4 aliphatic carbocycles. The van der Waals surface area contributed by atoms with E-state index in [1.165, 1.54) is 140 Å². The molecule has 4 N–H and O–H groups in total. The molecule has 7 heteroatoms. The fourth-order valence-electron chi connectivity index (χ4n) is 8.95. The Hall–Kier alpha value is -5.24. The molecule has 4 aliphatic rings. The van der Waals surface area contributed by atoms with Gasteiger partial charge < -0.3 is 16.2 Å². The van der Waals surface area contributed by atoms with Crippen LogP contribution in [-0.2, 0) is 0 Å². The van der Waals surface area contributed by atoms with E-state index in [1.807, 2.05) is 12.1 Å². The van der Waals surface area contributed by atoms with E-state index in [4.69, 9.17) is 10.8 Å². The van der Waals surface area contributed by atoms with Crippen molar-refractivity contribution in [1.82, 2.24) is 5.32 Å². The third-order valence-electron chi connectivity index (χ3n) is 12.9. The first-order chi connectivity index (χ1) is 29.6. The van der Waals surface area contributed by atoms with Crippen LogP contribution in [0.5, 0.6) is 0 Å². The Morgan fingerprint density at radius 2 is 0.984 bits per heavy atom. The van der Waals surface area contributed by atoms with Gasteiger partial charge in [-0.2, -0.15) is 0 Å². The van der Waals surface area contributed by atoms with Crippen LogP contribution in [0.1, 0.15) is 159 Å². The molecule has 4 saturated carbocycles. The van der Waals surface area contributed by atoms with E-state index in [9.17, 15) is 18.4 Å². The van der Waals surface area contributed by atoms with Crippen LogP contribution in [0.2, 0.25) is 0 Å². The molecule has 61 heavy (non-hydrogen) atoms. The first-order valence-corrected chi connectivity index (χ1v) is 22.6. The molecular weight excluding hydrogens is 763 g/mol. The minimum atomic E-state index is -0.983. The van der Waals surface area contributed by atoms with Crippen LogP contribution in [0.3, 0.4) is 0 Å². The van der Waals surface area contributed by atoms with Crippen molar-refractivity contribution in [3.05, 3.63) is 142 Å². The maximum absolute atomic E-state index is 13.7. The number of benzene rings is 4. The van der Waals surface area contributed by atoms with Crippen LogP contribution in [0.25, 0.3) is 0 Å². The van der Waals surface area contributed by atoms with Crippen LogP contribution in [0, 0.1) is 58.0 Å². The zero-order chi connectivity index (χ0) is 42.9. The second-order valence-corrected chi connectivity index (χ2v) is 17.9. The lowest BCUT2D eigenvalue weighted by Crippen LogP contribution is -2.38. The summed E-state index contributed by atoms with van der Waals surface area (Å²) in [6, 6.07) is 26.1. The van der Waals surface area contributed by atoms with Crippen molar-refractivity contribution in [3.63, 3.8) is 0 Å². The summed E-state index contributed by atoms with van der Waals surface area (Å²) in [5.74, 6) is 11.6. The first-order valence-electron chi connectivity index (χ1n) is 22.6. The minimum Gasteiger partial charge on any atom is -0.478 e. The Labute approximate surface area is 362 Å². The van der Waals surface area contributed by atoms with Crippen molar-refractivity contribution >= 4 is 11.9 Å². The fourth-order valence-corrected chi connectivity index (χ4v) is 8.95. The number of hydrogen-bond acceptors (Lipinski definition) is 3. The summed E-state index contributed by atoms with van der Waals surface area (Å²) in [4.78, 5) is 23.4. The average Bonchev–Trinajstić information content (AvgIpc) is 4.21. The van der Waals surface area contributed by atoms with Crippen molar-refractivity contribution in [2.45, 2.75) is 116 Å². The van der Waals surface area contributed by atoms with E-state index < -0.39 is 5.97 Å². The summed E-state index contributed by atoms with van der Waals surface area (Å²) in [6.07, 6.45) is 24.8. The van der Waals surface area contributed by atoms with Gasteiger partial charge in [0.15, 0.2) is 0 Å². The van der Waals surface area contributed by atoms with E-state index in [1.54, 1.807) is 60.7 Å². The van der Waals surface area contributed by atoms with Gasteiger partial charge in [0.2, 0.25) is 0 Å². The summed E-state index contributed by atoms with van der Waals surface area (Å²) in [6.45, 7) is 1.74. The fraction of sp³-hybridized carbons (Fsp3) is 0.444. The topological polar surface area (TPSA) is 92.4 Å². The van der Waals surface area contributed by atoms with Crippen molar-refractivity contribution < 1.29 is 23.5 Å². The Kier molecular flexibility index (Phi) is 16.7. The number of rotatable bonds is 9. The highest BCUT2D eigenvalue weighted by atomic mass is 19.1. The van der Waals surface area contributed by atoms with Gasteiger partial charge >= 0.3 is 5.97 Å². The molecular formula is C54H62F2N2O3. The highest BCUT2D eigenvalue weighted by Gasteiger charge is 2.38. The van der Waals surface area contributed by atoms with Crippen LogP contribution in [0.15, 0.2) is 97.1 Å². The van der Waals surface area contributed by atoms with Gasteiger partial charge in [-0.15, -0.1) is 0 Å². The molecule has 0 bridgehead atoms. The number of hydrogen-bond donors (Lipinski definition) is 3. The van der Waals surface area contributed by atoms with Gasteiger partial charge in [0, 0.05) is 23.2 Å². The summed E-state index contributed by atoms with van der Waals surface area (Å²) in [5, 5.41) is 12.0. The SMILES string of the molecule is NCC1(CC2CC2)CCCCCC1.O=C(NCC1(CC2CC2)CCCCCC1)c1ccc(C#Cc2ccccc2F)cc1.O=C(O)c1ccc(C#Cc2ccccc2F)cc1. The zero-order valence-corrected chi connectivity index (χ0v) is 35.6. The van der Waals surface area contributed by atoms with Crippen LogP contribution in [0.4, 0.5) is 8.78 Å². The smallest absolute Gasteiger partial charge is 0.335 e. The lowest BCUT2D eigenvalue weighted by atomic mass is 9.75. The molecule has 0 aromatic heterocycles. The number of carboxylic acid groups (broad SMARTS) is 1. The van der Waals surface area contributed by atoms with Gasteiger partial charge in [0.1, 0.15) is 11.6 Å². The second-order valence-electron chi connectivity index (χ2n) is 17.9. The van der Waals surface area contributed by atoms with Crippen LogP contribution >= 0.6 is 0 Å². The number of nitrogens with one attached hydrogen (secondary N) is 1. The standard InChI is InChI=1S/C27H30FNO.C15H9FO2.C12H23N/c28-25-8-4-3-7-23(25)14-11-21-12-15-24(16-13-21)26(30)29-20-27(19-22-9-10-22)17-5-1-2-6-18-27;16-14-4-2-1-3-12(14)8-5-11-6-9-13(10-7-11)15(17)18;13-10-12(9-11-5-6-11)7-3-1-2-4-8-12/h3-4,7-8,12-13,15-16,22H,1-2,5-6,9-10,17-20H2,(H,29,30);1-4,6-7,9-10H,(H,17,18);11H,1-10,13H2. The molecule has 8 rings (SSSR count). The molecule has 1 amide bonds. The predicted octanol–water partition coefficient (Wildman–Crippen LogP) is 12.1. The summed E-state index contributed by atoms with van der Waals surface area (Å²) in [5.41, 5.74) is 9.80. The number of nitrogens with two attached hydrogens (primary N) is 1. The molecule has 320 valence electrons. The summed E-state index contributed by atoms with van der Waals surface area (Å²) < 4.78 is 27.0. The van der Waals surface area contributed by atoms with E-state index in [0.717, 1.165) is 30.5 Å². The van der Waals surface area contributed by atoms with Crippen molar-refractivity contribution in [2.75, 3.05) is 13.1 Å². The molecule has 0 spiro atoms. The number of amides is 1. The molecule has 5 nitrogen and oxygen atoms in total. The number of halogens is 2. The lowest BCUT2D eigenvalue weighted by molar-refractivity contribution is 0.0696. The number of carboxylic acids is 1. The molecule has 0 aliphatic heterocycles. The first kappa shape index (κ1) is 45.3. The Bertz CT molecular complexity index is 2150. The maximum atomic E-state index is 13.7. The van der Waals surface area contributed by atoms with Gasteiger partial charge in [-0.05, 0) is 141 Å². The van der Waals surface area contributed by atoms with E-state index in [2.05, 4.69) is 29.0 Å². The number of aromatic carboxylic acids is 1. The Balaban J connectivity index is 0.000000170. The van der Waals surface area contributed by atoms with E-state index in [-0.39, 0.29) is 23.1 Å². The molecule has 4 aromatic carbocycles. The van der Waals surface area contributed by atoms with Crippen molar-refractivity contribution in [2.24, 2.45) is 28.4 Å². The second kappa shape index (κ2) is 22.6. The summed E-state index contributed by atoms with van der Waals surface area (Å²) >= 11 is 0. The number of carbonyl (C=O) groups is 2. The lowest BCUT2D eigenvalue weighted by Gasteiger charge is -2.33. The third kappa shape index (κ3) is 14.7. The summed E-state index contributed by atoms with van der Waals surface area (Å²) in [7, 11) is 0. The largest absolute Gasteiger partial charge is 0.478 e. The molecule has 0 saturated heterocycles. The van der Waals surface area contributed by atoms with E-state index >= 15 is 0 Å². The van der Waals surface area contributed by atoms with Gasteiger partial charge in [-0.1, -0.05) is 125 Å². The average molecular weight is 825 g/mol. The van der Waals surface area contributed by atoms with Gasteiger partial charge in [-0.3, -0.25) is 4.79 Å². The van der Waals surface area contributed by atoms with Gasteiger partial charge in [-0.25, -0.2) is 13.6 Å². The van der Waals surface area contributed by atoms with Gasteiger partial charge in [0.05, 0.1) is 16.7 Å². The van der Waals surface area contributed by atoms with Gasteiger partial charge in [0.25, 0.3) is 5.91 Å². The van der Waals surface area contributed by atoms with Crippen molar-refractivity contribution in [3.8, 4) is 23.7 Å². The normalized spacial score (nSPS) is 17.7. The van der Waals surface area contributed by atoms with E-state index in [0.29, 0.717) is 33.1 Å². The third-order valence-corrected chi connectivity index (χ3v) is 12.9. The molecule has 0 atom stereocenters. The molecule has 0 unspecified atom stereocenters. The molecule has 4 aromatic rings. The highest BCUT2D eigenvalue weighted by Crippen LogP contribution is 2.47. The van der Waals surface area contributed by atoms with Crippen molar-refractivity contribution in [1.29, 1.82) is 0 Å². The maximum Gasteiger partial charge on any atom is 0.335 e. The van der Waals surface area contributed by atoms with Crippen LogP contribution < -0.4 is 11.1 Å². The monoisotopic (exact) mass is 824 g/mol. The molecule has 0 radical (unpaired) electrons. The Morgan fingerprint density at radius 1 is 0.574 bits per heavy atom. The molecule has 0 heterocycles. The number of carbonyl (C=O) groups excluding carboxylic acids is 1.